The lowest BCUT2D eigenvalue weighted by Gasteiger charge is -2.14. The van der Waals surface area contributed by atoms with E-state index in [0.29, 0.717) is 12.5 Å². The van der Waals surface area contributed by atoms with Gasteiger partial charge in [-0.05, 0) is 32.4 Å². The van der Waals surface area contributed by atoms with Crippen LogP contribution in [0.2, 0.25) is 0 Å². The van der Waals surface area contributed by atoms with Crippen LogP contribution in [0.3, 0.4) is 0 Å². The first-order chi connectivity index (χ1) is 12.2. The highest BCUT2D eigenvalue weighted by Gasteiger charge is 2.15. The number of nitrogens with zero attached hydrogens (tertiary/aromatic N) is 2. The molecule has 1 atom stereocenters. The number of hydrogen-bond acceptors (Lipinski definition) is 5. The number of rotatable bonds is 7. The van der Waals surface area contributed by atoms with Crippen molar-refractivity contribution in [2.45, 2.75) is 33.2 Å². The van der Waals surface area contributed by atoms with Crippen molar-refractivity contribution in [3.8, 4) is 0 Å². The van der Waals surface area contributed by atoms with E-state index in [4.69, 9.17) is 14.1 Å². The fourth-order valence-corrected chi connectivity index (χ4v) is 3.53. The van der Waals surface area contributed by atoms with Gasteiger partial charge in [0, 0.05) is 36.9 Å². The van der Waals surface area contributed by atoms with Gasteiger partial charge in [0.2, 0.25) is 0 Å². The quantitative estimate of drug-likeness (QED) is 0.354. The summed E-state index contributed by atoms with van der Waals surface area (Å²) in [4.78, 5) is 10.5. The Hall–Kier alpha value is -1.13. The standard InChI is InChI=1S/C18H26N4O2S.HI/c1-13-14(2)25-17(22-13)11-21-18(20-10-15-6-9-23-12-15)19-7-5-16-4-3-8-24-16;/h3-4,8,15H,5-7,9-12H2,1-2H3,(H2,19,20,21);1H. The number of halogens is 1. The molecule has 0 saturated carbocycles. The molecule has 0 amide bonds. The highest BCUT2D eigenvalue weighted by molar-refractivity contribution is 14.0. The molecule has 2 N–H and O–H groups in total. The Bertz CT molecular complexity index is 662. The number of nitrogens with one attached hydrogen (secondary N) is 2. The van der Waals surface area contributed by atoms with E-state index in [0.717, 1.165) is 61.6 Å². The van der Waals surface area contributed by atoms with E-state index in [-0.39, 0.29) is 24.0 Å². The lowest BCUT2D eigenvalue weighted by molar-refractivity contribution is 0.186. The number of ether oxygens (including phenoxy) is 1. The molecule has 0 spiro atoms. The van der Waals surface area contributed by atoms with Crippen LogP contribution in [0.15, 0.2) is 27.8 Å². The molecule has 6 nitrogen and oxygen atoms in total. The Balaban J connectivity index is 0.00000243. The van der Waals surface area contributed by atoms with Gasteiger partial charge in [0.15, 0.2) is 5.96 Å². The minimum atomic E-state index is 0. The SMILES string of the molecule is Cc1nc(CN=C(NCCc2ccco2)NCC2CCOC2)sc1C.I. The topological polar surface area (TPSA) is 71.7 Å². The first kappa shape index (κ1) is 21.2. The number of aliphatic imine (C=N–C) groups is 1. The second kappa shape index (κ2) is 10.9. The highest BCUT2D eigenvalue weighted by atomic mass is 127. The fourth-order valence-electron chi connectivity index (χ4n) is 2.67. The van der Waals surface area contributed by atoms with Gasteiger partial charge >= 0.3 is 0 Å². The van der Waals surface area contributed by atoms with Crippen molar-refractivity contribution in [3.05, 3.63) is 39.7 Å². The van der Waals surface area contributed by atoms with Crippen LogP contribution in [0.5, 0.6) is 0 Å². The van der Waals surface area contributed by atoms with E-state index >= 15 is 0 Å². The normalized spacial score (nSPS) is 17.2. The first-order valence-electron chi connectivity index (χ1n) is 8.76. The number of thiazole rings is 1. The van der Waals surface area contributed by atoms with E-state index in [1.54, 1.807) is 17.6 Å². The predicted molar refractivity (Wildman–Crippen MR) is 115 cm³/mol. The summed E-state index contributed by atoms with van der Waals surface area (Å²) >= 11 is 1.71. The number of guanidine groups is 1. The lowest BCUT2D eigenvalue weighted by atomic mass is 10.1. The molecule has 0 aliphatic carbocycles. The zero-order chi connectivity index (χ0) is 17.5. The van der Waals surface area contributed by atoms with E-state index in [1.165, 1.54) is 4.88 Å². The van der Waals surface area contributed by atoms with Crippen LogP contribution < -0.4 is 10.6 Å². The van der Waals surface area contributed by atoms with Crippen LogP contribution in [-0.4, -0.2) is 37.2 Å². The van der Waals surface area contributed by atoms with Crippen molar-refractivity contribution in [3.63, 3.8) is 0 Å². The predicted octanol–water partition coefficient (Wildman–Crippen LogP) is 3.29. The molecule has 1 fully saturated rings. The summed E-state index contributed by atoms with van der Waals surface area (Å²) in [7, 11) is 0. The van der Waals surface area contributed by atoms with Gasteiger partial charge in [0.05, 0.1) is 25.1 Å². The van der Waals surface area contributed by atoms with E-state index in [1.807, 2.05) is 19.1 Å². The minimum Gasteiger partial charge on any atom is -0.469 e. The average Bonchev–Trinajstić information content (AvgIpc) is 3.34. The van der Waals surface area contributed by atoms with Crippen LogP contribution >= 0.6 is 35.3 Å². The molecular weight excluding hydrogens is 463 g/mol. The molecule has 8 heteroatoms. The van der Waals surface area contributed by atoms with Crippen LogP contribution in [0.1, 0.15) is 27.8 Å². The van der Waals surface area contributed by atoms with Crippen LogP contribution in [0, 0.1) is 19.8 Å². The van der Waals surface area contributed by atoms with Gasteiger partial charge in [0.25, 0.3) is 0 Å². The fraction of sp³-hybridized carbons (Fsp3) is 0.556. The third-order valence-electron chi connectivity index (χ3n) is 4.27. The Morgan fingerprint density at radius 1 is 1.38 bits per heavy atom. The molecule has 1 aliphatic heterocycles. The number of aryl methyl sites for hydroxylation is 2. The Kier molecular flexibility index (Phi) is 8.86. The summed E-state index contributed by atoms with van der Waals surface area (Å²) in [5, 5.41) is 7.87. The molecule has 2 aromatic rings. The molecule has 0 aromatic carbocycles. The average molecular weight is 490 g/mol. The Labute approximate surface area is 175 Å². The summed E-state index contributed by atoms with van der Waals surface area (Å²) < 4.78 is 10.8. The van der Waals surface area contributed by atoms with Crippen molar-refractivity contribution < 1.29 is 9.15 Å². The van der Waals surface area contributed by atoms with Gasteiger partial charge in [-0.2, -0.15) is 0 Å². The summed E-state index contributed by atoms with van der Waals surface area (Å²) in [6.45, 7) is 8.08. The second-order valence-electron chi connectivity index (χ2n) is 6.28. The molecule has 144 valence electrons. The molecule has 1 unspecified atom stereocenters. The molecule has 1 saturated heterocycles. The zero-order valence-corrected chi connectivity index (χ0v) is 18.4. The number of hydrogen-bond donors (Lipinski definition) is 2. The smallest absolute Gasteiger partial charge is 0.191 e. The van der Waals surface area contributed by atoms with E-state index in [2.05, 4.69) is 22.5 Å². The van der Waals surface area contributed by atoms with Gasteiger partial charge in [-0.3, -0.25) is 0 Å². The second-order valence-corrected chi connectivity index (χ2v) is 7.57. The van der Waals surface area contributed by atoms with Gasteiger partial charge in [0.1, 0.15) is 10.8 Å². The van der Waals surface area contributed by atoms with Crippen molar-refractivity contribution in [2.75, 3.05) is 26.3 Å². The van der Waals surface area contributed by atoms with Crippen LogP contribution in [0.4, 0.5) is 0 Å². The maximum Gasteiger partial charge on any atom is 0.191 e. The molecule has 2 aromatic heterocycles. The van der Waals surface area contributed by atoms with Crippen molar-refractivity contribution >= 4 is 41.3 Å². The van der Waals surface area contributed by atoms with Gasteiger partial charge in [-0.25, -0.2) is 9.98 Å². The Morgan fingerprint density at radius 2 is 2.27 bits per heavy atom. The van der Waals surface area contributed by atoms with Crippen molar-refractivity contribution in [1.29, 1.82) is 0 Å². The van der Waals surface area contributed by atoms with E-state index < -0.39 is 0 Å². The maximum absolute atomic E-state index is 5.44. The third-order valence-corrected chi connectivity index (χ3v) is 5.33. The molecule has 1 aliphatic rings. The molecule has 0 bridgehead atoms. The molecule has 3 rings (SSSR count). The number of furan rings is 1. The summed E-state index contributed by atoms with van der Waals surface area (Å²) in [5.41, 5.74) is 1.10. The maximum atomic E-state index is 5.44. The van der Waals surface area contributed by atoms with Crippen LogP contribution in [0.25, 0.3) is 0 Å². The largest absolute Gasteiger partial charge is 0.469 e. The third kappa shape index (κ3) is 6.55. The van der Waals surface area contributed by atoms with Crippen molar-refractivity contribution in [1.82, 2.24) is 15.6 Å². The summed E-state index contributed by atoms with van der Waals surface area (Å²) in [5.74, 6) is 2.35. The summed E-state index contributed by atoms with van der Waals surface area (Å²) in [6, 6.07) is 3.90. The number of aromatic nitrogens is 1. The molecule has 3 heterocycles. The van der Waals surface area contributed by atoms with Gasteiger partial charge in [-0.15, -0.1) is 35.3 Å². The molecular formula is C18H27IN4O2S. The molecule has 26 heavy (non-hydrogen) atoms. The highest BCUT2D eigenvalue weighted by Crippen LogP contribution is 2.17. The monoisotopic (exact) mass is 490 g/mol. The first-order valence-corrected chi connectivity index (χ1v) is 9.57. The molecule has 0 radical (unpaired) electrons. The van der Waals surface area contributed by atoms with E-state index in [9.17, 15) is 0 Å². The lowest BCUT2D eigenvalue weighted by Crippen LogP contribution is -2.40. The van der Waals surface area contributed by atoms with Crippen molar-refractivity contribution in [2.24, 2.45) is 10.9 Å². The Morgan fingerprint density at radius 3 is 2.92 bits per heavy atom. The van der Waals surface area contributed by atoms with Gasteiger partial charge < -0.3 is 19.8 Å². The van der Waals surface area contributed by atoms with Gasteiger partial charge in [-0.1, -0.05) is 0 Å². The minimum absolute atomic E-state index is 0. The van der Waals surface area contributed by atoms with Crippen LogP contribution in [-0.2, 0) is 17.7 Å². The summed E-state index contributed by atoms with van der Waals surface area (Å²) in [6.07, 6.45) is 3.64. The zero-order valence-electron chi connectivity index (χ0n) is 15.3.